The Morgan fingerprint density at radius 1 is 1.03 bits per heavy atom. The zero-order chi connectivity index (χ0) is 22.0. The van der Waals surface area contributed by atoms with Gasteiger partial charge in [-0.3, -0.25) is 9.71 Å². The van der Waals surface area contributed by atoms with E-state index in [9.17, 15) is 8.42 Å². The van der Waals surface area contributed by atoms with Gasteiger partial charge in [-0.2, -0.15) is 4.98 Å². The van der Waals surface area contributed by atoms with E-state index in [-0.39, 0.29) is 26.6 Å². The first-order chi connectivity index (χ1) is 14.8. The number of benzene rings is 1. The van der Waals surface area contributed by atoms with Gasteiger partial charge in [0.25, 0.3) is 15.9 Å². The van der Waals surface area contributed by atoms with Crippen molar-refractivity contribution in [2.75, 3.05) is 4.72 Å². The molecule has 11 heteroatoms. The molecule has 0 aliphatic heterocycles. The molecular weight excluding hydrogens is 461 g/mol. The SMILES string of the molecule is CC(Oc1nc2ncccc2nc1NS(=O)(=O)c1cccc(Cl)c1Cl)c1cccnc1. The molecule has 31 heavy (non-hydrogen) atoms. The molecule has 3 aromatic heterocycles. The number of ether oxygens (including phenoxy) is 1. The first-order valence-corrected chi connectivity index (χ1v) is 11.3. The minimum atomic E-state index is -4.14. The molecule has 0 aliphatic rings. The van der Waals surface area contributed by atoms with Gasteiger partial charge in [-0.1, -0.05) is 35.3 Å². The highest BCUT2D eigenvalue weighted by Crippen LogP contribution is 2.33. The summed E-state index contributed by atoms with van der Waals surface area (Å²) >= 11 is 12.1. The van der Waals surface area contributed by atoms with Gasteiger partial charge in [0.15, 0.2) is 5.65 Å². The minimum absolute atomic E-state index is 0.0377. The highest BCUT2D eigenvalue weighted by Gasteiger charge is 2.24. The van der Waals surface area contributed by atoms with Crippen LogP contribution in [-0.2, 0) is 10.0 Å². The Hall–Kier alpha value is -3.01. The average Bonchev–Trinajstić information content (AvgIpc) is 2.76. The van der Waals surface area contributed by atoms with E-state index in [2.05, 4.69) is 24.7 Å². The van der Waals surface area contributed by atoms with Gasteiger partial charge in [0.2, 0.25) is 5.82 Å². The van der Waals surface area contributed by atoms with E-state index < -0.39 is 16.1 Å². The van der Waals surface area contributed by atoms with Gasteiger partial charge in [0.1, 0.15) is 16.5 Å². The quantitative estimate of drug-likeness (QED) is 0.431. The number of pyridine rings is 2. The summed E-state index contributed by atoms with van der Waals surface area (Å²) in [5, 5.41) is 0.0123. The number of rotatable bonds is 6. The normalized spacial score (nSPS) is 12.5. The summed E-state index contributed by atoms with van der Waals surface area (Å²) in [5.74, 6) is -0.142. The van der Waals surface area contributed by atoms with Crippen molar-refractivity contribution < 1.29 is 13.2 Å². The summed E-state index contributed by atoms with van der Waals surface area (Å²) in [5.41, 5.74) is 1.47. The maximum Gasteiger partial charge on any atom is 0.264 e. The zero-order valence-corrected chi connectivity index (χ0v) is 18.4. The monoisotopic (exact) mass is 475 g/mol. The summed E-state index contributed by atoms with van der Waals surface area (Å²) in [6.45, 7) is 1.79. The molecule has 4 aromatic rings. The van der Waals surface area contributed by atoms with Crippen molar-refractivity contribution in [3.63, 3.8) is 0 Å². The lowest BCUT2D eigenvalue weighted by atomic mass is 10.2. The van der Waals surface area contributed by atoms with Crippen molar-refractivity contribution in [2.24, 2.45) is 0 Å². The number of nitrogens with one attached hydrogen (secondary N) is 1. The van der Waals surface area contributed by atoms with E-state index >= 15 is 0 Å². The highest BCUT2D eigenvalue weighted by atomic mass is 35.5. The topological polar surface area (TPSA) is 107 Å². The van der Waals surface area contributed by atoms with Crippen LogP contribution in [0.4, 0.5) is 5.82 Å². The van der Waals surface area contributed by atoms with Crippen LogP contribution in [0.2, 0.25) is 10.0 Å². The Kier molecular flexibility index (Phi) is 5.90. The van der Waals surface area contributed by atoms with Crippen LogP contribution in [0.1, 0.15) is 18.6 Å². The van der Waals surface area contributed by atoms with E-state index in [4.69, 9.17) is 27.9 Å². The summed E-state index contributed by atoms with van der Waals surface area (Å²) in [6, 6.07) is 11.3. The third-order valence-corrected chi connectivity index (χ3v) is 6.60. The smallest absolute Gasteiger partial charge is 0.264 e. The summed E-state index contributed by atoms with van der Waals surface area (Å²) < 4.78 is 34.4. The molecule has 1 atom stereocenters. The Bertz CT molecular complexity index is 1350. The molecule has 0 amide bonds. The molecule has 0 saturated heterocycles. The number of halogens is 2. The number of nitrogens with zero attached hydrogens (tertiary/aromatic N) is 4. The van der Waals surface area contributed by atoms with Gasteiger partial charge >= 0.3 is 0 Å². The number of hydrogen-bond donors (Lipinski definition) is 1. The van der Waals surface area contributed by atoms with Crippen molar-refractivity contribution in [3.05, 3.63) is 76.7 Å². The van der Waals surface area contributed by atoms with Gasteiger partial charge in [0, 0.05) is 24.2 Å². The van der Waals surface area contributed by atoms with Crippen molar-refractivity contribution in [3.8, 4) is 5.88 Å². The fraction of sp³-hybridized carbons (Fsp3) is 0.100. The van der Waals surface area contributed by atoms with Crippen molar-refractivity contribution in [1.82, 2.24) is 19.9 Å². The predicted molar refractivity (Wildman–Crippen MR) is 118 cm³/mol. The lowest BCUT2D eigenvalue weighted by Crippen LogP contribution is -2.17. The van der Waals surface area contributed by atoms with Gasteiger partial charge in [0.05, 0.1) is 10.0 Å². The van der Waals surface area contributed by atoms with Crippen molar-refractivity contribution in [1.29, 1.82) is 0 Å². The predicted octanol–water partition coefficient (Wildman–Crippen LogP) is 4.67. The molecule has 4 rings (SSSR count). The van der Waals surface area contributed by atoms with Crippen LogP contribution in [0.25, 0.3) is 11.2 Å². The number of anilines is 1. The molecule has 0 radical (unpaired) electrons. The molecule has 8 nitrogen and oxygen atoms in total. The Morgan fingerprint density at radius 2 is 1.84 bits per heavy atom. The van der Waals surface area contributed by atoms with Crippen LogP contribution in [-0.4, -0.2) is 28.4 Å². The van der Waals surface area contributed by atoms with Crippen LogP contribution in [0.5, 0.6) is 5.88 Å². The van der Waals surface area contributed by atoms with Crippen molar-refractivity contribution >= 4 is 50.2 Å². The molecule has 1 aromatic carbocycles. The van der Waals surface area contributed by atoms with Gasteiger partial charge < -0.3 is 4.74 Å². The van der Waals surface area contributed by atoms with E-state index in [1.807, 2.05) is 6.07 Å². The molecular formula is C20H15Cl2N5O3S. The Labute approximate surface area is 188 Å². The molecule has 0 fully saturated rings. The van der Waals surface area contributed by atoms with E-state index in [1.54, 1.807) is 43.7 Å². The Balaban J connectivity index is 1.77. The van der Waals surface area contributed by atoms with Crippen LogP contribution in [0, 0.1) is 0 Å². The molecule has 0 bridgehead atoms. The first kappa shape index (κ1) is 21.2. The summed E-state index contributed by atoms with van der Waals surface area (Å²) in [6.07, 6.45) is 4.36. The second-order valence-electron chi connectivity index (χ2n) is 6.43. The first-order valence-electron chi connectivity index (χ1n) is 9.01. The second-order valence-corrected chi connectivity index (χ2v) is 8.86. The highest BCUT2D eigenvalue weighted by molar-refractivity contribution is 7.92. The third-order valence-electron chi connectivity index (χ3n) is 4.29. The van der Waals surface area contributed by atoms with E-state index in [0.717, 1.165) is 5.56 Å². The maximum absolute atomic E-state index is 13.0. The van der Waals surface area contributed by atoms with Crippen LogP contribution in [0.15, 0.2) is 66.0 Å². The minimum Gasteiger partial charge on any atom is -0.467 e. The van der Waals surface area contributed by atoms with Crippen LogP contribution in [0.3, 0.4) is 0 Å². The average molecular weight is 476 g/mol. The molecule has 0 aliphatic carbocycles. The molecule has 1 unspecified atom stereocenters. The van der Waals surface area contributed by atoms with Crippen LogP contribution < -0.4 is 9.46 Å². The van der Waals surface area contributed by atoms with E-state index in [1.165, 1.54) is 18.2 Å². The number of hydrogen-bond acceptors (Lipinski definition) is 7. The standard InChI is InChI=1S/C20H15Cl2N5O3S/c1-12(13-5-3-9-23-11-13)30-20-19(25-15-7-4-10-24-18(15)26-20)27-31(28,29)16-8-2-6-14(21)17(16)22/h2-12H,1H3,(H,25,27). The van der Waals surface area contributed by atoms with Crippen molar-refractivity contribution in [2.45, 2.75) is 17.9 Å². The lowest BCUT2D eigenvalue weighted by Gasteiger charge is -2.17. The fourth-order valence-electron chi connectivity index (χ4n) is 2.75. The lowest BCUT2D eigenvalue weighted by molar-refractivity contribution is 0.218. The Morgan fingerprint density at radius 3 is 2.61 bits per heavy atom. The second kappa shape index (κ2) is 8.62. The van der Waals surface area contributed by atoms with Crippen LogP contribution >= 0.6 is 23.2 Å². The van der Waals surface area contributed by atoms with Gasteiger partial charge in [-0.15, -0.1) is 0 Å². The zero-order valence-electron chi connectivity index (χ0n) is 16.0. The van der Waals surface area contributed by atoms with E-state index in [0.29, 0.717) is 11.2 Å². The third kappa shape index (κ3) is 4.53. The fourth-order valence-corrected chi connectivity index (χ4v) is 4.52. The molecule has 0 saturated carbocycles. The van der Waals surface area contributed by atoms with Gasteiger partial charge in [-0.25, -0.2) is 18.4 Å². The van der Waals surface area contributed by atoms with Gasteiger partial charge in [-0.05, 0) is 37.3 Å². The molecule has 1 N–H and O–H groups in total. The molecule has 0 spiro atoms. The summed E-state index contributed by atoms with van der Waals surface area (Å²) in [7, 11) is -4.14. The number of fused-ring (bicyclic) bond motifs is 1. The number of sulfonamides is 1. The molecule has 158 valence electrons. The molecule has 3 heterocycles. The maximum atomic E-state index is 13.0. The number of aromatic nitrogens is 4. The largest absolute Gasteiger partial charge is 0.467 e. The summed E-state index contributed by atoms with van der Waals surface area (Å²) in [4.78, 5) is 16.7.